The van der Waals surface area contributed by atoms with E-state index in [1.54, 1.807) is 17.2 Å². The van der Waals surface area contributed by atoms with Crippen molar-refractivity contribution in [3.8, 4) is 5.69 Å². The Morgan fingerprint density at radius 2 is 2.00 bits per heavy atom. The van der Waals surface area contributed by atoms with Gasteiger partial charge in [-0.2, -0.15) is 5.10 Å². The van der Waals surface area contributed by atoms with Crippen molar-refractivity contribution < 1.29 is 9.23 Å². The lowest BCUT2D eigenvalue weighted by Crippen LogP contribution is -2.29. The molecule has 31 heavy (non-hydrogen) atoms. The Morgan fingerprint density at radius 3 is 2.71 bits per heavy atom. The number of aromatic nitrogens is 2. The van der Waals surface area contributed by atoms with Crippen LogP contribution in [0.4, 0.5) is 15.8 Å². The normalized spacial score (nSPS) is 14.4. The quantitative estimate of drug-likeness (QED) is 0.590. The molecule has 2 aromatic carbocycles. The van der Waals surface area contributed by atoms with Crippen LogP contribution in [0.25, 0.3) is 11.4 Å². The van der Waals surface area contributed by atoms with Crippen molar-refractivity contribution in [2.24, 2.45) is 0 Å². The van der Waals surface area contributed by atoms with Gasteiger partial charge in [-0.1, -0.05) is 18.2 Å². The smallest absolute Gasteiger partial charge is 0.209 e. The molecule has 1 aliphatic heterocycles. The Morgan fingerprint density at radius 1 is 1.16 bits per heavy atom. The van der Waals surface area contributed by atoms with Crippen molar-refractivity contribution in [3.05, 3.63) is 88.6 Å². The number of hydroxylamine groups is 1. The van der Waals surface area contributed by atoms with Gasteiger partial charge in [0.05, 0.1) is 18.0 Å². The van der Waals surface area contributed by atoms with Crippen molar-refractivity contribution >= 4 is 23.3 Å². The third kappa shape index (κ3) is 4.70. The summed E-state index contributed by atoms with van der Waals surface area (Å²) in [5, 5.41) is 16.6. The Labute approximate surface area is 178 Å². The molecule has 158 valence electrons. The monoisotopic (exact) mass is 419 g/mol. The zero-order valence-electron chi connectivity index (χ0n) is 16.8. The maximum Gasteiger partial charge on any atom is 0.209 e. The highest BCUT2D eigenvalue weighted by Gasteiger charge is 2.16. The molecule has 2 N–H and O–H groups in total. The van der Waals surface area contributed by atoms with E-state index in [1.807, 2.05) is 30.3 Å². The molecule has 0 bridgehead atoms. The van der Waals surface area contributed by atoms with E-state index in [4.69, 9.17) is 10.2 Å². The van der Waals surface area contributed by atoms with Crippen LogP contribution in [0.3, 0.4) is 0 Å². The summed E-state index contributed by atoms with van der Waals surface area (Å²) in [5.74, 6) is -0.484. The summed E-state index contributed by atoms with van der Waals surface area (Å²) in [6.45, 7) is 1.33. The SMILES string of the molecule is N=C/C=C(\Nc1ccccc1)c1nn(-c2ccc(N3CCCCO3)cc2F)ccc1=O. The largest absolute Gasteiger partial charge is 0.354 e. The maximum absolute atomic E-state index is 14.9. The van der Waals surface area contributed by atoms with Crippen LogP contribution in [0.2, 0.25) is 0 Å². The average Bonchev–Trinajstić information content (AvgIpc) is 2.80. The number of nitrogens with one attached hydrogen (secondary N) is 2. The molecular formula is C23H22FN5O2. The third-order valence-corrected chi connectivity index (χ3v) is 4.83. The summed E-state index contributed by atoms with van der Waals surface area (Å²) in [7, 11) is 0. The first-order chi connectivity index (χ1) is 15.2. The molecule has 0 atom stereocenters. The van der Waals surface area contributed by atoms with Gasteiger partial charge in [-0.15, -0.1) is 0 Å². The highest BCUT2D eigenvalue weighted by Crippen LogP contribution is 2.24. The first-order valence-corrected chi connectivity index (χ1v) is 9.99. The lowest BCUT2D eigenvalue weighted by molar-refractivity contribution is 0.0777. The predicted molar refractivity (Wildman–Crippen MR) is 119 cm³/mol. The number of nitrogens with zero attached hydrogens (tertiary/aromatic N) is 3. The molecule has 0 aliphatic carbocycles. The first kappa shape index (κ1) is 20.5. The van der Waals surface area contributed by atoms with E-state index >= 15 is 0 Å². The fourth-order valence-corrected chi connectivity index (χ4v) is 3.31. The van der Waals surface area contributed by atoms with Crippen LogP contribution in [0.1, 0.15) is 18.5 Å². The van der Waals surface area contributed by atoms with Crippen molar-refractivity contribution in [1.29, 1.82) is 5.41 Å². The van der Waals surface area contributed by atoms with E-state index in [2.05, 4.69) is 10.4 Å². The van der Waals surface area contributed by atoms with Crippen LogP contribution >= 0.6 is 0 Å². The number of allylic oxidation sites excluding steroid dienone is 1. The van der Waals surface area contributed by atoms with Gasteiger partial charge in [-0.3, -0.25) is 14.7 Å². The molecule has 1 fully saturated rings. The molecule has 3 aromatic rings. The second kappa shape index (κ2) is 9.36. The molecule has 7 nitrogen and oxygen atoms in total. The lowest BCUT2D eigenvalue weighted by Gasteiger charge is -2.28. The predicted octanol–water partition coefficient (Wildman–Crippen LogP) is 4.01. The van der Waals surface area contributed by atoms with Crippen LogP contribution in [0.5, 0.6) is 0 Å². The number of para-hydroxylation sites is 1. The topological polar surface area (TPSA) is 83.2 Å². The van der Waals surface area contributed by atoms with Gasteiger partial charge in [0.25, 0.3) is 0 Å². The van der Waals surface area contributed by atoms with Crippen molar-refractivity contribution in [2.75, 3.05) is 23.5 Å². The highest BCUT2D eigenvalue weighted by molar-refractivity contribution is 5.86. The van der Waals surface area contributed by atoms with Crippen LogP contribution < -0.4 is 15.8 Å². The van der Waals surface area contributed by atoms with E-state index in [0.717, 1.165) is 24.7 Å². The van der Waals surface area contributed by atoms with Gasteiger partial charge in [0.15, 0.2) is 11.5 Å². The lowest BCUT2D eigenvalue weighted by atomic mass is 10.2. The molecule has 4 rings (SSSR count). The minimum Gasteiger partial charge on any atom is -0.354 e. The fourth-order valence-electron chi connectivity index (χ4n) is 3.31. The number of benzene rings is 2. The van der Waals surface area contributed by atoms with Crippen LogP contribution in [0, 0.1) is 11.2 Å². The fraction of sp³-hybridized carbons (Fsp3) is 0.174. The standard InChI is InChI=1S/C23H22FN5O2/c24-19-16-18(29-13-4-5-15-31-29)8-9-21(19)28-14-11-22(30)23(27-28)20(10-12-25)26-17-6-2-1-3-7-17/h1-3,6-12,14,16,25-26H,4-5,13,15H2/b20-10-,25-12?. The Bertz CT molecular complexity index is 1150. The number of hydrogen-bond acceptors (Lipinski definition) is 6. The first-order valence-electron chi connectivity index (χ1n) is 9.99. The molecule has 1 saturated heterocycles. The summed E-state index contributed by atoms with van der Waals surface area (Å²) in [6, 6.07) is 15.3. The zero-order chi connectivity index (χ0) is 21.6. The molecule has 2 heterocycles. The molecule has 0 saturated carbocycles. The average molecular weight is 419 g/mol. The summed E-state index contributed by atoms with van der Waals surface area (Å²) in [5.41, 5.74) is 1.67. The summed E-state index contributed by atoms with van der Waals surface area (Å²) in [6.07, 6.45) is 5.91. The van der Waals surface area contributed by atoms with Gasteiger partial charge in [-0.25, -0.2) is 9.07 Å². The van der Waals surface area contributed by atoms with E-state index in [9.17, 15) is 9.18 Å². The minimum atomic E-state index is -0.484. The van der Waals surface area contributed by atoms with Gasteiger partial charge in [-0.05, 0) is 43.2 Å². The Balaban J connectivity index is 1.67. The number of hydrogen-bond donors (Lipinski definition) is 2. The van der Waals surface area contributed by atoms with E-state index in [1.165, 1.54) is 29.1 Å². The van der Waals surface area contributed by atoms with Gasteiger partial charge in [0.2, 0.25) is 5.43 Å². The molecule has 1 aliphatic rings. The van der Waals surface area contributed by atoms with Crippen LogP contribution in [-0.2, 0) is 4.84 Å². The molecule has 8 heteroatoms. The van der Waals surface area contributed by atoms with Crippen molar-refractivity contribution in [1.82, 2.24) is 9.78 Å². The molecule has 1 aromatic heterocycles. The minimum absolute atomic E-state index is 0.0812. The molecular weight excluding hydrogens is 397 g/mol. The van der Waals surface area contributed by atoms with E-state index < -0.39 is 5.82 Å². The molecule has 0 unspecified atom stereocenters. The summed E-state index contributed by atoms with van der Waals surface area (Å²) >= 11 is 0. The van der Waals surface area contributed by atoms with E-state index in [0.29, 0.717) is 24.5 Å². The van der Waals surface area contributed by atoms with Crippen molar-refractivity contribution in [2.45, 2.75) is 12.8 Å². The van der Waals surface area contributed by atoms with Crippen molar-refractivity contribution in [3.63, 3.8) is 0 Å². The number of halogens is 1. The van der Waals surface area contributed by atoms with Gasteiger partial charge in [0, 0.05) is 36.8 Å². The second-order valence-electron chi connectivity index (χ2n) is 6.99. The molecule has 0 amide bonds. The van der Waals surface area contributed by atoms with Crippen LogP contribution in [0.15, 0.2) is 71.7 Å². The Kier molecular flexibility index (Phi) is 6.18. The Hall–Kier alpha value is -3.78. The third-order valence-electron chi connectivity index (χ3n) is 4.83. The van der Waals surface area contributed by atoms with Gasteiger partial charge >= 0.3 is 0 Å². The maximum atomic E-state index is 14.9. The summed E-state index contributed by atoms with van der Waals surface area (Å²) in [4.78, 5) is 18.1. The molecule has 0 spiro atoms. The summed E-state index contributed by atoms with van der Waals surface area (Å²) < 4.78 is 16.2. The molecule has 0 radical (unpaired) electrons. The van der Waals surface area contributed by atoms with Crippen LogP contribution in [-0.4, -0.2) is 29.1 Å². The highest BCUT2D eigenvalue weighted by atomic mass is 19.1. The second-order valence-corrected chi connectivity index (χ2v) is 6.99. The van der Waals surface area contributed by atoms with Gasteiger partial charge in [0.1, 0.15) is 5.69 Å². The zero-order valence-corrected chi connectivity index (χ0v) is 16.8. The number of rotatable bonds is 6. The van der Waals surface area contributed by atoms with E-state index in [-0.39, 0.29) is 16.8 Å². The number of anilines is 2. The van der Waals surface area contributed by atoms with Gasteiger partial charge < -0.3 is 10.7 Å².